The molecule has 0 unspecified atom stereocenters. The molecular weight excluding hydrogens is 521 g/mol. The van der Waals surface area contributed by atoms with Crippen molar-refractivity contribution in [3.8, 4) is 11.8 Å². The lowest BCUT2D eigenvalue weighted by atomic mass is 10.3. The van der Waals surface area contributed by atoms with Crippen molar-refractivity contribution in [2.45, 2.75) is 38.8 Å². The largest absolute Gasteiger partial charge is 0.336 e. The Hall–Kier alpha value is -1.93. The standard InChI is InChI=1S/C23H22Cl2N3S.ClHO4/c1-4-26-19-14-16(24)17(25)15-20(19)27(5-2)22(26)12-9-13-23-28(6-3)18-10-7-8-11-21(18)29-23;2-1(3,4)5/h7-8,10-11,13-15H,4-6H2,1-3H3;(H,2,3,4,5)/q+1;/p-1. The number of imidazole rings is 1. The fraction of sp³-hybridized carbons (Fsp3) is 0.261. The second-order valence-electron chi connectivity index (χ2n) is 7.01. The summed E-state index contributed by atoms with van der Waals surface area (Å²) in [6.45, 7) is 8.94. The number of nitrogens with zero attached hydrogens (tertiary/aromatic N) is 3. The van der Waals surface area contributed by atoms with Gasteiger partial charge in [0, 0.05) is 35.6 Å². The fourth-order valence-electron chi connectivity index (χ4n) is 3.76. The van der Waals surface area contributed by atoms with Crippen LogP contribution in [0.4, 0.5) is 5.69 Å². The molecule has 1 aromatic heterocycles. The number of para-hydroxylation sites is 1. The Kier molecular flexibility index (Phi) is 8.79. The van der Waals surface area contributed by atoms with E-state index in [1.165, 1.54) is 10.6 Å². The van der Waals surface area contributed by atoms with Gasteiger partial charge in [-0.2, -0.15) is 0 Å². The van der Waals surface area contributed by atoms with E-state index in [-0.39, 0.29) is 0 Å². The minimum atomic E-state index is -4.94. The Morgan fingerprint density at radius 3 is 2.29 bits per heavy atom. The highest BCUT2D eigenvalue weighted by molar-refractivity contribution is 8.03. The van der Waals surface area contributed by atoms with Crippen LogP contribution < -0.4 is 28.1 Å². The van der Waals surface area contributed by atoms with Gasteiger partial charge < -0.3 is 4.90 Å². The van der Waals surface area contributed by atoms with Crippen LogP contribution in [0.3, 0.4) is 0 Å². The first-order valence-corrected chi connectivity index (χ1v) is 13.2. The molecule has 0 N–H and O–H groups in total. The number of hydrogen-bond donors (Lipinski definition) is 0. The van der Waals surface area contributed by atoms with Crippen molar-refractivity contribution >= 4 is 51.7 Å². The first-order chi connectivity index (χ1) is 16.1. The summed E-state index contributed by atoms with van der Waals surface area (Å²) in [5.74, 6) is 7.65. The number of allylic oxidation sites excluding steroid dienone is 1. The summed E-state index contributed by atoms with van der Waals surface area (Å²) >= 11 is 14.3. The molecule has 0 saturated carbocycles. The van der Waals surface area contributed by atoms with Gasteiger partial charge in [0.05, 0.1) is 33.9 Å². The maximum Gasteiger partial charge on any atom is 0.336 e. The Balaban J connectivity index is 0.000000588. The molecule has 34 heavy (non-hydrogen) atoms. The maximum atomic E-state index is 8.49. The lowest BCUT2D eigenvalue weighted by molar-refractivity contribution is -2.00. The lowest BCUT2D eigenvalue weighted by Gasteiger charge is -2.17. The Morgan fingerprint density at radius 2 is 1.68 bits per heavy atom. The van der Waals surface area contributed by atoms with Crippen LogP contribution in [0.5, 0.6) is 0 Å². The van der Waals surface area contributed by atoms with Gasteiger partial charge in [-0.15, -0.1) is 10.2 Å². The molecule has 0 amide bonds. The first kappa shape index (κ1) is 26.7. The zero-order valence-corrected chi connectivity index (χ0v) is 21.8. The second-order valence-corrected chi connectivity index (χ2v) is 9.64. The number of rotatable bonds is 3. The third-order valence-corrected chi connectivity index (χ3v) is 6.91. The lowest BCUT2D eigenvalue weighted by Crippen LogP contribution is -2.68. The molecule has 0 saturated heterocycles. The number of anilines is 1. The van der Waals surface area contributed by atoms with Gasteiger partial charge in [-0.05, 0) is 32.9 Å². The van der Waals surface area contributed by atoms with E-state index in [4.69, 9.17) is 41.8 Å². The summed E-state index contributed by atoms with van der Waals surface area (Å²) < 4.78 is 38.4. The molecule has 1 aliphatic rings. The van der Waals surface area contributed by atoms with Crippen LogP contribution in [0.15, 0.2) is 52.4 Å². The predicted octanol–water partition coefficient (Wildman–Crippen LogP) is 1.34. The molecular formula is C23H22Cl3N3O4S. The van der Waals surface area contributed by atoms with E-state index >= 15 is 0 Å². The van der Waals surface area contributed by atoms with Gasteiger partial charge >= 0.3 is 5.82 Å². The second kappa shape index (κ2) is 11.2. The quantitative estimate of drug-likeness (QED) is 0.365. The Bertz CT molecular complexity index is 1240. The van der Waals surface area contributed by atoms with Gasteiger partial charge in [0.15, 0.2) is 11.0 Å². The third kappa shape index (κ3) is 6.00. The average Bonchev–Trinajstić information content (AvgIpc) is 3.27. The molecule has 180 valence electrons. The van der Waals surface area contributed by atoms with E-state index in [1.807, 2.05) is 18.2 Å². The van der Waals surface area contributed by atoms with Crippen LogP contribution in [0.2, 0.25) is 10.0 Å². The van der Waals surface area contributed by atoms with E-state index in [2.05, 4.69) is 70.9 Å². The molecule has 0 bridgehead atoms. The van der Waals surface area contributed by atoms with E-state index < -0.39 is 10.2 Å². The monoisotopic (exact) mass is 541 g/mol. The van der Waals surface area contributed by atoms with Crippen LogP contribution in [-0.2, 0) is 13.1 Å². The molecule has 0 spiro atoms. The Labute approximate surface area is 214 Å². The normalized spacial score (nSPS) is 14.0. The molecule has 2 heterocycles. The summed E-state index contributed by atoms with van der Waals surface area (Å²) in [5.41, 5.74) is 3.36. The van der Waals surface area contributed by atoms with E-state index in [1.54, 1.807) is 11.8 Å². The van der Waals surface area contributed by atoms with Crippen LogP contribution >= 0.6 is 35.0 Å². The molecule has 11 heteroatoms. The zero-order valence-electron chi connectivity index (χ0n) is 18.7. The first-order valence-electron chi connectivity index (χ1n) is 10.4. The van der Waals surface area contributed by atoms with E-state index in [9.17, 15) is 0 Å². The van der Waals surface area contributed by atoms with Crippen molar-refractivity contribution in [3.63, 3.8) is 0 Å². The fourth-order valence-corrected chi connectivity index (χ4v) is 5.18. The van der Waals surface area contributed by atoms with E-state index in [0.717, 1.165) is 41.5 Å². The molecule has 2 aromatic carbocycles. The minimum absolute atomic E-state index is 0.565. The highest BCUT2D eigenvalue weighted by Gasteiger charge is 2.24. The van der Waals surface area contributed by atoms with Gasteiger partial charge in [0.2, 0.25) is 0 Å². The number of fused-ring (bicyclic) bond motifs is 2. The van der Waals surface area contributed by atoms with Crippen molar-refractivity contribution in [1.82, 2.24) is 4.57 Å². The number of halogens is 3. The zero-order chi connectivity index (χ0) is 25.0. The molecule has 0 aliphatic carbocycles. The van der Waals surface area contributed by atoms with Crippen LogP contribution in [0, 0.1) is 22.1 Å². The van der Waals surface area contributed by atoms with Gasteiger partial charge in [-0.3, -0.25) is 0 Å². The minimum Gasteiger partial charge on any atom is -0.335 e. The highest BCUT2D eigenvalue weighted by Crippen LogP contribution is 2.45. The van der Waals surface area contributed by atoms with Crippen LogP contribution in [0.25, 0.3) is 11.0 Å². The molecule has 7 nitrogen and oxygen atoms in total. The molecule has 1 aliphatic heterocycles. The SMILES string of the molecule is CCN1/C(=C\C#Cc2n(CC)c3cc(Cl)c(Cl)cc3[n+]2CC)Sc2ccccc21.[O-][Cl+3]([O-])([O-])[O-]. The van der Waals surface area contributed by atoms with Crippen molar-refractivity contribution in [1.29, 1.82) is 0 Å². The summed E-state index contributed by atoms with van der Waals surface area (Å²) in [6, 6.07) is 12.3. The summed E-state index contributed by atoms with van der Waals surface area (Å²) in [7, 11) is -4.94. The Morgan fingerprint density at radius 1 is 1.03 bits per heavy atom. The smallest absolute Gasteiger partial charge is 0.335 e. The van der Waals surface area contributed by atoms with Gasteiger partial charge in [-0.25, -0.2) is 27.8 Å². The number of hydrogen-bond acceptors (Lipinski definition) is 6. The number of thioether (sulfide) groups is 1. The van der Waals surface area contributed by atoms with Crippen LogP contribution in [-0.4, -0.2) is 11.1 Å². The van der Waals surface area contributed by atoms with Crippen molar-refractivity contribution in [2.24, 2.45) is 0 Å². The average molecular weight is 543 g/mol. The number of benzene rings is 2. The summed E-state index contributed by atoms with van der Waals surface area (Å²) in [6.07, 6.45) is 2.02. The maximum absolute atomic E-state index is 8.49. The number of aryl methyl sites for hydroxylation is 2. The van der Waals surface area contributed by atoms with Crippen molar-refractivity contribution < 1.29 is 33.4 Å². The molecule has 3 aromatic rings. The van der Waals surface area contributed by atoms with Gasteiger partial charge in [-0.1, -0.05) is 53.0 Å². The third-order valence-electron chi connectivity index (χ3n) is 5.08. The molecule has 0 radical (unpaired) electrons. The summed E-state index contributed by atoms with van der Waals surface area (Å²) in [4.78, 5) is 3.58. The topological polar surface area (TPSA) is 104 Å². The summed E-state index contributed by atoms with van der Waals surface area (Å²) in [5, 5.41) is 2.29. The molecule has 0 atom stereocenters. The van der Waals surface area contributed by atoms with Gasteiger partial charge in [0.25, 0.3) is 0 Å². The van der Waals surface area contributed by atoms with E-state index in [0.29, 0.717) is 10.0 Å². The number of aromatic nitrogens is 2. The molecule has 4 rings (SSSR count). The van der Waals surface area contributed by atoms with Crippen molar-refractivity contribution in [3.05, 3.63) is 63.4 Å². The highest BCUT2D eigenvalue weighted by atomic mass is 35.7. The molecule has 0 fully saturated rings. The van der Waals surface area contributed by atoms with Crippen LogP contribution in [0.1, 0.15) is 26.6 Å². The predicted molar refractivity (Wildman–Crippen MR) is 124 cm³/mol. The van der Waals surface area contributed by atoms with Crippen molar-refractivity contribution in [2.75, 3.05) is 11.4 Å². The van der Waals surface area contributed by atoms with Gasteiger partial charge in [0.1, 0.15) is 0 Å².